The molecular weight excluding hydrogens is 296 g/mol. The van der Waals surface area contributed by atoms with Gasteiger partial charge in [-0.1, -0.05) is 18.6 Å². The zero-order valence-electron chi connectivity index (χ0n) is 15.9. The lowest BCUT2D eigenvalue weighted by Crippen LogP contribution is -2.57. The maximum atomic E-state index is 10.6. The van der Waals surface area contributed by atoms with E-state index < -0.39 is 5.60 Å². The van der Waals surface area contributed by atoms with Gasteiger partial charge >= 0.3 is 0 Å². The van der Waals surface area contributed by atoms with Crippen LogP contribution in [0.2, 0.25) is 0 Å². The van der Waals surface area contributed by atoms with E-state index in [2.05, 4.69) is 19.9 Å². The van der Waals surface area contributed by atoms with E-state index in [-0.39, 0.29) is 5.41 Å². The van der Waals surface area contributed by atoms with Gasteiger partial charge in [0.15, 0.2) is 0 Å². The van der Waals surface area contributed by atoms with E-state index in [0.29, 0.717) is 23.9 Å². The van der Waals surface area contributed by atoms with Crippen LogP contribution in [0.1, 0.15) is 78.6 Å². The highest BCUT2D eigenvalue weighted by molar-refractivity contribution is 5.24. The summed E-state index contributed by atoms with van der Waals surface area (Å²) in [7, 11) is 0. The van der Waals surface area contributed by atoms with E-state index in [1.807, 2.05) is 6.92 Å². The lowest BCUT2D eigenvalue weighted by atomic mass is 9.44. The van der Waals surface area contributed by atoms with Crippen LogP contribution in [0.3, 0.4) is 0 Å². The number of aliphatic hydroxyl groups excluding tert-OH is 1. The summed E-state index contributed by atoms with van der Waals surface area (Å²) in [5, 5.41) is 21.1. The highest BCUT2D eigenvalue weighted by Crippen LogP contribution is 2.67. The molecule has 2 heteroatoms. The van der Waals surface area contributed by atoms with Crippen molar-refractivity contribution in [2.45, 2.75) is 84.2 Å². The van der Waals surface area contributed by atoms with Gasteiger partial charge in [-0.3, -0.25) is 0 Å². The molecule has 2 nitrogen and oxygen atoms in total. The summed E-state index contributed by atoms with van der Waals surface area (Å²) in [6.45, 7) is 7.10. The average molecular weight is 333 g/mol. The molecule has 0 saturated heterocycles. The minimum atomic E-state index is -0.509. The van der Waals surface area contributed by atoms with Gasteiger partial charge in [-0.25, -0.2) is 0 Å². The summed E-state index contributed by atoms with van der Waals surface area (Å²) in [6, 6.07) is 0. The number of hydrogen-bond acceptors (Lipinski definition) is 2. The van der Waals surface area contributed by atoms with Crippen molar-refractivity contribution >= 4 is 0 Å². The van der Waals surface area contributed by atoms with Crippen molar-refractivity contribution in [2.75, 3.05) is 6.61 Å². The maximum absolute atomic E-state index is 10.6. The molecule has 0 aromatic carbocycles. The largest absolute Gasteiger partial charge is 0.396 e. The predicted octanol–water partition coefficient (Wildman–Crippen LogP) is 4.70. The van der Waals surface area contributed by atoms with Gasteiger partial charge in [-0.05, 0) is 106 Å². The topological polar surface area (TPSA) is 40.5 Å². The van der Waals surface area contributed by atoms with Crippen LogP contribution in [-0.2, 0) is 0 Å². The number of aliphatic hydroxyl groups is 2. The lowest BCUT2D eigenvalue weighted by molar-refractivity contribution is -0.164. The fraction of sp³-hybridized carbons (Fsp3) is 0.909. The summed E-state index contributed by atoms with van der Waals surface area (Å²) in [5.74, 6) is 2.84. The Hall–Kier alpha value is -0.340. The van der Waals surface area contributed by atoms with Gasteiger partial charge in [-0.2, -0.15) is 0 Å². The van der Waals surface area contributed by atoms with Gasteiger partial charge in [0.25, 0.3) is 0 Å². The van der Waals surface area contributed by atoms with Crippen LogP contribution >= 0.6 is 0 Å². The first kappa shape index (κ1) is 17.1. The molecule has 2 N–H and O–H groups in total. The Morgan fingerprint density at radius 1 is 1.04 bits per heavy atom. The molecule has 136 valence electrons. The third kappa shape index (κ3) is 2.21. The predicted molar refractivity (Wildman–Crippen MR) is 97.5 cm³/mol. The smallest absolute Gasteiger partial charge is 0.0622 e. The molecule has 4 aliphatic rings. The van der Waals surface area contributed by atoms with Crippen LogP contribution in [0.25, 0.3) is 0 Å². The van der Waals surface area contributed by atoms with Crippen LogP contribution in [0.4, 0.5) is 0 Å². The van der Waals surface area contributed by atoms with E-state index in [1.54, 1.807) is 5.57 Å². The number of fused-ring (bicyclic) bond motifs is 5. The quantitative estimate of drug-likeness (QED) is 0.683. The summed E-state index contributed by atoms with van der Waals surface area (Å²) in [6.07, 6.45) is 13.0. The van der Waals surface area contributed by atoms with Crippen molar-refractivity contribution in [3.63, 3.8) is 0 Å². The lowest BCUT2D eigenvalue weighted by Gasteiger charge is -2.62. The Morgan fingerprint density at radius 3 is 2.54 bits per heavy atom. The Labute approximate surface area is 147 Å². The molecule has 0 aromatic heterocycles. The highest BCUT2D eigenvalue weighted by Gasteiger charge is 2.61. The summed E-state index contributed by atoms with van der Waals surface area (Å²) in [4.78, 5) is 0. The van der Waals surface area contributed by atoms with Gasteiger partial charge < -0.3 is 10.2 Å². The average Bonchev–Trinajstić information content (AvgIpc) is 2.90. The zero-order chi connectivity index (χ0) is 17.2. The standard InChI is InChI=1S/C22H36O2/c1-4-15-6-8-18-17-7-5-16-13-20(2,24)11-12-22(16,14-23)19(17)9-10-21(15,18)3/h4,16-19,23-24H,5-14H2,1-3H3/t16-,17-,18-,19-,20+,21+,22+/m0/s1. The molecule has 24 heavy (non-hydrogen) atoms. The second kappa shape index (κ2) is 5.58. The van der Waals surface area contributed by atoms with Crippen molar-refractivity contribution in [3.8, 4) is 0 Å². The molecule has 0 bridgehead atoms. The Morgan fingerprint density at radius 2 is 1.83 bits per heavy atom. The van der Waals surface area contributed by atoms with Crippen molar-refractivity contribution in [1.29, 1.82) is 0 Å². The van der Waals surface area contributed by atoms with Crippen LogP contribution in [-0.4, -0.2) is 22.4 Å². The molecule has 7 atom stereocenters. The summed E-state index contributed by atoms with van der Waals surface area (Å²) >= 11 is 0. The Kier molecular flexibility index (Phi) is 3.97. The second-order valence-corrected chi connectivity index (χ2v) is 10.1. The molecular formula is C22H36O2. The number of rotatable bonds is 1. The molecule has 4 saturated carbocycles. The molecule has 4 aliphatic carbocycles. The van der Waals surface area contributed by atoms with E-state index in [4.69, 9.17) is 0 Å². The minimum absolute atomic E-state index is 0.102. The Balaban J connectivity index is 1.66. The molecule has 0 aromatic rings. The Bertz CT molecular complexity index is 536. The van der Waals surface area contributed by atoms with Crippen LogP contribution in [0.5, 0.6) is 0 Å². The zero-order valence-corrected chi connectivity index (χ0v) is 15.9. The van der Waals surface area contributed by atoms with Gasteiger partial charge in [-0.15, -0.1) is 0 Å². The van der Waals surface area contributed by atoms with Crippen molar-refractivity contribution in [1.82, 2.24) is 0 Å². The first-order valence-electron chi connectivity index (χ1n) is 10.4. The first-order valence-corrected chi connectivity index (χ1v) is 10.4. The van der Waals surface area contributed by atoms with Gasteiger partial charge in [0, 0.05) is 6.61 Å². The molecule has 0 amide bonds. The molecule has 4 fully saturated rings. The van der Waals surface area contributed by atoms with Crippen molar-refractivity contribution in [2.24, 2.45) is 34.5 Å². The molecule has 0 aliphatic heterocycles. The van der Waals surface area contributed by atoms with Gasteiger partial charge in [0.1, 0.15) is 0 Å². The SMILES string of the molecule is CC=C1CC[C@H]2[C@@H]3CC[C@H]4C[C@](C)(O)CC[C@]4(CO)[C@H]3CC[C@]12C. The highest BCUT2D eigenvalue weighted by atomic mass is 16.3. The third-order valence-corrected chi connectivity index (χ3v) is 9.14. The van der Waals surface area contributed by atoms with E-state index in [1.165, 1.54) is 38.5 Å². The fourth-order valence-electron chi connectivity index (χ4n) is 7.86. The molecule has 0 heterocycles. The van der Waals surface area contributed by atoms with Gasteiger partial charge in [0.2, 0.25) is 0 Å². The van der Waals surface area contributed by atoms with Gasteiger partial charge in [0.05, 0.1) is 5.60 Å². The first-order chi connectivity index (χ1) is 11.4. The van der Waals surface area contributed by atoms with E-state index in [0.717, 1.165) is 31.1 Å². The number of hydrogen-bond donors (Lipinski definition) is 2. The maximum Gasteiger partial charge on any atom is 0.0622 e. The van der Waals surface area contributed by atoms with E-state index >= 15 is 0 Å². The number of allylic oxidation sites excluding steroid dienone is 2. The monoisotopic (exact) mass is 332 g/mol. The van der Waals surface area contributed by atoms with Crippen molar-refractivity contribution < 1.29 is 10.2 Å². The normalized spacial score (nSPS) is 55.8. The summed E-state index contributed by atoms with van der Waals surface area (Å²) < 4.78 is 0. The van der Waals surface area contributed by atoms with Crippen LogP contribution < -0.4 is 0 Å². The second-order valence-electron chi connectivity index (χ2n) is 10.1. The van der Waals surface area contributed by atoms with Crippen LogP contribution in [0.15, 0.2) is 11.6 Å². The molecule has 4 rings (SSSR count). The summed E-state index contributed by atoms with van der Waals surface area (Å²) in [5.41, 5.74) is 1.73. The minimum Gasteiger partial charge on any atom is -0.396 e. The fourth-order valence-corrected chi connectivity index (χ4v) is 7.86. The molecule has 0 unspecified atom stereocenters. The molecule has 0 spiro atoms. The van der Waals surface area contributed by atoms with Crippen LogP contribution in [0, 0.1) is 34.5 Å². The molecule has 0 radical (unpaired) electrons. The third-order valence-electron chi connectivity index (χ3n) is 9.14. The van der Waals surface area contributed by atoms with E-state index in [9.17, 15) is 10.2 Å². The van der Waals surface area contributed by atoms with Crippen molar-refractivity contribution in [3.05, 3.63) is 11.6 Å².